The molecule has 24 heavy (non-hydrogen) atoms. The summed E-state index contributed by atoms with van der Waals surface area (Å²) in [5, 5.41) is 16.1. The Morgan fingerprint density at radius 3 is 2.46 bits per heavy atom. The van der Waals surface area contributed by atoms with Crippen LogP contribution in [0.5, 0.6) is 0 Å². The highest BCUT2D eigenvalue weighted by atomic mass is 16.4. The normalized spacial score (nSPS) is 13.3. The van der Waals surface area contributed by atoms with Crippen molar-refractivity contribution >= 4 is 11.9 Å². The van der Waals surface area contributed by atoms with E-state index in [9.17, 15) is 14.7 Å². The second-order valence-electron chi connectivity index (χ2n) is 5.63. The molecular weight excluding hydrogens is 308 g/mol. The van der Waals surface area contributed by atoms with Gasteiger partial charge in [0.05, 0.1) is 5.69 Å². The van der Waals surface area contributed by atoms with Crippen molar-refractivity contribution in [3.8, 4) is 5.69 Å². The van der Waals surface area contributed by atoms with Gasteiger partial charge < -0.3 is 10.4 Å². The molecule has 2 rings (SSSR count). The Morgan fingerprint density at radius 1 is 1.25 bits per heavy atom. The molecule has 0 saturated carbocycles. The second-order valence-corrected chi connectivity index (χ2v) is 5.63. The number of aromatic nitrogens is 3. The first kappa shape index (κ1) is 17.7. The number of rotatable bonds is 7. The van der Waals surface area contributed by atoms with E-state index in [2.05, 4.69) is 15.4 Å². The predicted molar refractivity (Wildman–Crippen MR) is 89.1 cm³/mol. The maximum Gasteiger partial charge on any atom is 0.326 e. The zero-order valence-electron chi connectivity index (χ0n) is 14.1. The lowest BCUT2D eigenvalue weighted by Gasteiger charge is -2.19. The number of aliphatic carboxylic acids is 1. The smallest absolute Gasteiger partial charge is 0.326 e. The van der Waals surface area contributed by atoms with E-state index < -0.39 is 17.9 Å². The molecule has 0 aliphatic rings. The molecule has 0 radical (unpaired) electrons. The molecule has 128 valence electrons. The van der Waals surface area contributed by atoms with Crippen molar-refractivity contribution in [1.82, 2.24) is 20.1 Å². The van der Waals surface area contributed by atoms with Gasteiger partial charge in [-0.3, -0.25) is 4.79 Å². The number of carboxylic acid groups (broad SMARTS) is 1. The van der Waals surface area contributed by atoms with Crippen LogP contribution in [-0.4, -0.2) is 37.8 Å². The quantitative estimate of drug-likeness (QED) is 0.810. The third-order valence-electron chi connectivity index (χ3n) is 3.96. The van der Waals surface area contributed by atoms with E-state index in [4.69, 9.17) is 0 Å². The van der Waals surface area contributed by atoms with Crippen molar-refractivity contribution in [1.29, 1.82) is 0 Å². The van der Waals surface area contributed by atoms with Crippen LogP contribution in [0.4, 0.5) is 0 Å². The number of hydrogen-bond acceptors (Lipinski definition) is 4. The SMILES string of the molecule is CCc1nc(C(=O)N[C@H](C(=O)O)[C@@H](C)CC)nn1-c1ccccc1. The molecule has 0 fully saturated rings. The van der Waals surface area contributed by atoms with Crippen molar-refractivity contribution in [2.75, 3.05) is 0 Å². The number of amides is 1. The van der Waals surface area contributed by atoms with Crippen molar-refractivity contribution in [3.05, 3.63) is 42.0 Å². The van der Waals surface area contributed by atoms with E-state index in [1.807, 2.05) is 44.2 Å². The molecule has 0 spiro atoms. The van der Waals surface area contributed by atoms with Gasteiger partial charge in [-0.1, -0.05) is 45.4 Å². The zero-order valence-corrected chi connectivity index (χ0v) is 14.1. The number of aryl methyl sites for hydroxylation is 1. The summed E-state index contributed by atoms with van der Waals surface area (Å²) in [6, 6.07) is 8.42. The molecule has 2 atom stereocenters. The van der Waals surface area contributed by atoms with E-state index in [1.54, 1.807) is 11.6 Å². The second kappa shape index (κ2) is 7.72. The molecule has 2 N–H and O–H groups in total. The lowest BCUT2D eigenvalue weighted by Crippen LogP contribution is -2.45. The van der Waals surface area contributed by atoms with Gasteiger partial charge in [0, 0.05) is 6.42 Å². The highest BCUT2D eigenvalue weighted by Crippen LogP contribution is 2.12. The van der Waals surface area contributed by atoms with Gasteiger partial charge in [-0.25, -0.2) is 14.5 Å². The summed E-state index contributed by atoms with van der Waals surface area (Å²) in [6.45, 7) is 5.58. The maximum atomic E-state index is 12.4. The lowest BCUT2D eigenvalue weighted by atomic mass is 9.99. The standard InChI is InChI=1S/C17H22N4O3/c1-4-11(3)14(17(23)24)19-16(22)15-18-13(5-2)21(20-15)12-9-7-6-8-10-12/h6-11,14H,4-5H2,1-3H3,(H,19,22)(H,23,24)/t11-,14-/m0/s1. The number of carbonyl (C=O) groups is 2. The number of carboxylic acids is 1. The summed E-state index contributed by atoms with van der Waals surface area (Å²) in [6.07, 6.45) is 1.24. The summed E-state index contributed by atoms with van der Waals surface area (Å²) in [7, 11) is 0. The van der Waals surface area contributed by atoms with Crippen molar-refractivity contribution in [2.24, 2.45) is 5.92 Å². The Hall–Kier alpha value is -2.70. The molecule has 7 heteroatoms. The summed E-state index contributed by atoms with van der Waals surface area (Å²) in [5.74, 6) is -1.21. The van der Waals surface area contributed by atoms with E-state index >= 15 is 0 Å². The van der Waals surface area contributed by atoms with E-state index in [-0.39, 0.29) is 11.7 Å². The van der Waals surface area contributed by atoms with Crippen molar-refractivity contribution in [3.63, 3.8) is 0 Å². The first-order valence-electron chi connectivity index (χ1n) is 8.02. The number of benzene rings is 1. The fourth-order valence-corrected chi connectivity index (χ4v) is 2.33. The van der Waals surface area contributed by atoms with Crippen LogP contribution in [0.2, 0.25) is 0 Å². The summed E-state index contributed by atoms with van der Waals surface area (Å²) in [5.41, 5.74) is 0.803. The minimum atomic E-state index is -1.06. The average molecular weight is 330 g/mol. The van der Waals surface area contributed by atoms with E-state index in [1.165, 1.54) is 0 Å². The van der Waals surface area contributed by atoms with Gasteiger partial charge in [-0.2, -0.15) is 0 Å². The fraction of sp³-hybridized carbons (Fsp3) is 0.412. The van der Waals surface area contributed by atoms with Crippen LogP contribution in [0.3, 0.4) is 0 Å². The number of para-hydroxylation sites is 1. The number of nitrogens with zero attached hydrogens (tertiary/aromatic N) is 3. The van der Waals surface area contributed by atoms with Gasteiger partial charge in [0.15, 0.2) is 0 Å². The molecule has 1 amide bonds. The van der Waals surface area contributed by atoms with Gasteiger partial charge in [0.2, 0.25) is 5.82 Å². The Balaban J connectivity index is 2.27. The number of nitrogens with one attached hydrogen (secondary N) is 1. The van der Waals surface area contributed by atoms with Gasteiger partial charge in [-0.05, 0) is 18.1 Å². The highest BCUT2D eigenvalue weighted by molar-refractivity contribution is 5.93. The van der Waals surface area contributed by atoms with E-state index in [0.717, 1.165) is 5.69 Å². The molecule has 0 aliphatic carbocycles. The molecular formula is C17H22N4O3. The largest absolute Gasteiger partial charge is 0.480 e. The first-order valence-corrected chi connectivity index (χ1v) is 8.02. The topological polar surface area (TPSA) is 97.1 Å². The van der Waals surface area contributed by atoms with Crippen LogP contribution in [0, 0.1) is 5.92 Å². The molecule has 1 aromatic carbocycles. The van der Waals surface area contributed by atoms with Crippen LogP contribution < -0.4 is 5.32 Å². The Bertz CT molecular complexity index is 712. The molecule has 1 aromatic heterocycles. The number of carbonyl (C=O) groups excluding carboxylic acids is 1. The molecule has 7 nitrogen and oxygen atoms in total. The predicted octanol–water partition coefficient (Wildman–Crippen LogP) is 2.06. The van der Waals surface area contributed by atoms with Crippen LogP contribution in [0.25, 0.3) is 5.69 Å². The number of hydrogen-bond donors (Lipinski definition) is 2. The fourth-order valence-electron chi connectivity index (χ4n) is 2.33. The summed E-state index contributed by atoms with van der Waals surface area (Å²) >= 11 is 0. The van der Waals surface area contributed by atoms with Gasteiger partial charge in [0.1, 0.15) is 11.9 Å². The summed E-state index contributed by atoms with van der Waals surface area (Å²) < 4.78 is 1.61. The highest BCUT2D eigenvalue weighted by Gasteiger charge is 2.27. The molecule has 2 aromatic rings. The van der Waals surface area contributed by atoms with Crippen LogP contribution in [0.15, 0.2) is 30.3 Å². The summed E-state index contributed by atoms with van der Waals surface area (Å²) in [4.78, 5) is 28.0. The van der Waals surface area contributed by atoms with E-state index in [0.29, 0.717) is 18.7 Å². The molecule has 0 saturated heterocycles. The molecule has 0 unspecified atom stereocenters. The molecule has 1 heterocycles. The minimum absolute atomic E-state index is 0.0229. The van der Waals surface area contributed by atoms with Crippen LogP contribution in [-0.2, 0) is 11.2 Å². The Labute approximate surface area is 140 Å². The third-order valence-corrected chi connectivity index (χ3v) is 3.96. The first-order chi connectivity index (χ1) is 11.5. The van der Waals surface area contributed by atoms with Crippen LogP contribution in [0.1, 0.15) is 43.6 Å². The van der Waals surface area contributed by atoms with Crippen molar-refractivity contribution < 1.29 is 14.7 Å². The van der Waals surface area contributed by atoms with Crippen molar-refractivity contribution in [2.45, 2.75) is 39.7 Å². The zero-order chi connectivity index (χ0) is 17.7. The maximum absolute atomic E-state index is 12.4. The van der Waals surface area contributed by atoms with Gasteiger partial charge in [0.25, 0.3) is 5.91 Å². The van der Waals surface area contributed by atoms with Gasteiger partial charge in [-0.15, -0.1) is 5.10 Å². The molecule has 0 aliphatic heterocycles. The lowest BCUT2D eigenvalue weighted by molar-refractivity contribution is -0.140. The monoisotopic (exact) mass is 330 g/mol. The van der Waals surface area contributed by atoms with Crippen LogP contribution >= 0.6 is 0 Å². The Morgan fingerprint density at radius 2 is 1.92 bits per heavy atom. The average Bonchev–Trinajstić information content (AvgIpc) is 3.03. The third kappa shape index (κ3) is 3.79. The van der Waals surface area contributed by atoms with Gasteiger partial charge >= 0.3 is 5.97 Å². The minimum Gasteiger partial charge on any atom is -0.480 e. The Kier molecular flexibility index (Phi) is 5.68. The molecule has 0 bridgehead atoms.